The van der Waals surface area contributed by atoms with Gasteiger partial charge >= 0.3 is 0 Å². The lowest BCUT2D eigenvalue weighted by atomic mass is 9.94. The predicted molar refractivity (Wildman–Crippen MR) is 138 cm³/mol. The van der Waals surface area contributed by atoms with E-state index in [9.17, 15) is 4.79 Å². The van der Waals surface area contributed by atoms with Crippen LogP contribution < -0.4 is 10.1 Å². The van der Waals surface area contributed by atoms with Crippen LogP contribution in [-0.4, -0.2) is 47.0 Å². The van der Waals surface area contributed by atoms with Gasteiger partial charge in [-0.3, -0.25) is 4.79 Å². The van der Waals surface area contributed by atoms with Crippen molar-refractivity contribution in [2.45, 2.75) is 46.5 Å². The molecule has 34 heavy (non-hydrogen) atoms. The summed E-state index contributed by atoms with van der Waals surface area (Å²) < 4.78 is 11.6. The summed E-state index contributed by atoms with van der Waals surface area (Å²) in [6.45, 7) is 14.1. The average Bonchev–Trinajstić information content (AvgIpc) is 3.46. The lowest BCUT2D eigenvalue weighted by molar-refractivity contribution is -0.115. The number of hydrogen-bond donors (Lipinski definition) is 1. The topological polar surface area (TPSA) is 80.5 Å². The molecule has 0 aliphatic heterocycles. The molecule has 0 aliphatic rings. The number of amides is 1. The van der Waals surface area contributed by atoms with Crippen molar-refractivity contribution >= 4 is 34.5 Å². The maximum Gasteiger partial charge on any atom is 0.230 e. The Morgan fingerprint density at radius 2 is 1.85 bits per heavy atom. The molecule has 1 aromatic carbocycles. The molecule has 1 N–H and O–H groups in total. The zero-order chi connectivity index (χ0) is 24.6. The fourth-order valence-electron chi connectivity index (χ4n) is 3.17. The second-order valence-corrected chi connectivity index (χ2v) is 10.0. The number of carbonyl (C=O) groups excluding carboxylic acids is 1. The minimum Gasteiger partial charge on any atom is -0.492 e. The van der Waals surface area contributed by atoms with Crippen LogP contribution in [0.5, 0.6) is 5.75 Å². The van der Waals surface area contributed by atoms with Gasteiger partial charge in [-0.25, -0.2) is 9.97 Å². The van der Waals surface area contributed by atoms with E-state index in [0.29, 0.717) is 17.6 Å². The molecule has 0 atom stereocenters. The maximum absolute atomic E-state index is 12.4. The summed E-state index contributed by atoms with van der Waals surface area (Å²) in [6, 6.07) is 7.66. The van der Waals surface area contributed by atoms with Gasteiger partial charge in [-0.1, -0.05) is 58.1 Å². The maximum atomic E-state index is 12.4. The van der Waals surface area contributed by atoms with Gasteiger partial charge in [0.05, 0.1) is 12.6 Å². The van der Waals surface area contributed by atoms with Crippen LogP contribution in [0.3, 0.4) is 0 Å². The molecular formula is C26H34N4O3S. The molecule has 0 saturated heterocycles. The highest BCUT2D eigenvalue weighted by atomic mass is 32.1. The minimum absolute atomic E-state index is 0.0837. The highest BCUT2D eigenvalue weighted by molar-refractivity contribution is 7.16. The summed E-state index contributed by atoms with van der Waals surface area (Å²) in [5.74, 6) is 2.09. The third kappa shape index (κ3) is 7.81. The van der Waals surface area contributed by atoms with Crippen molar-refractivity contribution < 1.29 is 13.9 Å². The molecule has 8 heteroatoms. The van der Waals surface area contributed by atoms with E-state index in [4.69, 9.17) is 9.15 Å². The van der Waals surface area contributed by atoms with Crippen molar-refractivity contribution in [3.05, 3.63) is 58.8 Å². The Morgan fingerprint density at radius 1 is 1.12 bits per heavy atom. The molecule has 1 amide bonds. The number of ether oxygens (including phenoxy) is 1. The first-order valence-electron chi connectivity index (χ1n) is 11.6. The van der Waals surface area contributed by atoms with Gasteiger partial charge in [0.2, 0.25) is 11.8 Å². The number of carbonyl (C=O) groups is 1. The van der Waals surface area contributed by atoms with Gasteiger partial charge in [-0.2, -0.15) is 0 Å². The quantitative estimate of drug-likeness (QED) is 0.389. The number of aromatic nitrogens is 2. The molecule has 3 aromatic rings. The molecule has 0 spiro atoms. The van der Waals surface area contributed by atoms with Crippen LogP contribution in [-0.2, 0) is 16.6 Å². The second kappa shape index (κ2) is 11.9. The molecule has 0 fully saturated rings. The molecule has 0 radical (unpaired) electrons. The first-order valence-corrected chi connectivity index (χ1v) is 12.4. The van der Waals surface area contributed by atoms with E-state index in [-0.39, 0.29) is 17.7 Å². The van der Waals surface area contributed by atoms with E-state index in [1.54, 1.807) is 18.5 Å². The first-order chi connectivity index (χ1) is 16.3. The minimum atomic E-state index is -0.109. The standard InChI is InChI=1S/C26H34N4O3S/c1-6-30(7-2)14-15-32-20-10-8-19(9-11-20)16-23(31)29-25-28-17-21(34-25)12-13-24-27-18-22(33-24)26(3,4)5/h8-13,17-18H,6-7,14-16H2,1-5H3,(H,28,29,31). The van der Waals surface area contributed by atoms with Crippen LogP contribution in [0.1, 0.15) is 56.7 Å². The highest BCUT2D eigenvalue weighted by Crippen LogP contribution is 2.24. The molecule has 0 unspecified atom stereocenters. The van der Waals surface area contributed by atoms with Crippen LogP contribution in [0, 0.1) is 0 Å². The van der Waals surface area contributed by atoms with Gasteiger partial charge in [0.15, 0.2) is 5.13 Å². The highest BCUT2D eigenvalue weighted by Gasteiger charge is 2.18. The Balaban J connectivity index is 1.47. The van der Waals surface area contributed by atoms with Gasteiger partial charge in [-0.05, 0) is 36.9 Å². The van der Waals surface area contributed by atoms with Crippen molar-refractivity contribution in [3.63, 3.8) is 0 Å². The molecule has 2 heterocycles. The number of thiazole rings is 1. The van der Waals surface area contributed by atoms with Crippen molar-refractivity contribution in [1.29, 1.82) is 0 Å². The Morgan fingerprint density at radius 3 is 2.50 bits per heavy atom. The van der Waals surface area contributed by atoms with E-state index < -0.39 is 0 Å². The summed E-state index contributed by atoms with van der Waals surface area (Å²) >= 11 is 1.40. The Bertz CT molecular complexity index is 1080. The van der Waals surface area contributed by atoms with E-state index in [1.165, 1.54) is 11.3 Å². The number of nitrogens with one attached hydrogen (secondary N) is 1. The van der Waals surface area contributed by atoms with Crippen LogP contribution in [0.2, 0.25) is 0 Å². The fourth-order valence-corrected chi connectivity index (χ4v) is 3.91. The number of oxazole rings is 1. The molecular weight excluding hydrogens is 448 g/mol. The smallest absolute Gasteiger partial charge is 0.230 e. The summed E-state index contributed by atoms with van der Waals surface area (Å²) in [5.41, 5.74) is 0.836. The number of nitrogens with zero attached hydrogens (tertiary/aromatic N) is 3. The van der Waals surface area contributed by atoms with Crippen molar-refractivity contribution in [1.82, 2.24) is 14.9 Å². The van der Waals surface area contributed by atoms with Gasteiger partial charge < -0.3 is 19.4 Å². The largest absolute Gasteiger partial charge is 0.492 e. The van der Waals surface area contributed by atoms with Crippen LogP contribution >= 0.6 is 11.3 Å². The van der Waals surface area contributed by atoms with Crippen molar-refractivity contribution in [3.8, 4) is 5.75 Å². The number of benzene rings is 1. The van der Waals surface area contributed by atoms with Crippen LogP contribution in [0.4, 0.5) is 5.13 Å². The fraction of sp³-hybridized carbons (Fsp3) is 0.423. The molecule has 0 aliphatic carbocycles. The second-order valence-electron chi connectivity index (χ2n) is 8.96. The average molecular weight is 483 g/mol. The molecule has 0 bridgehead atoms. The lowest BCUT2D eigenvalue weighted by Crippen LogP contribution is -2.27. The summed E-state index contributed by atoms with van der Waals surface area (Å²) in [7, 11) is 0. The van der Waals surface area contributed by atoms with Gasteiger partial charge in [0, 0.05) is 29.1 Å². The molecule has 2 aromatic heterocycles. The van der Waals surface area contributed by atoms with Gasteiger partial charge in [0.1, 0.15) is 18.1 Å². The lowest BCUT2D eigenvalue weighted by Gasteiger charge is -2.18. The van der Waals surface area contributed by atoms with E-state index in [0.717, 1.165) is 41.6 Å². The summed E-state index contributed by atoms with van der Waals surface area (Å²) in [4.78, 5) is 24.2. The third-order valence-corrected chi connectivity index (χ3v) is 6.16. The number of anilines is 1. The SMILES string of the molecule is CCN(CC)CCOc1ccc(CC(=O)Nc2ncc(C=Cc3ncc(C(C)(C)C)o3)s2)cc1. The van der Waals surface area contributed by atoms with Gasteiger partial charge in [-0.15, -0.1) is 0 Å². The Labute approximate surface area is 205 Å². The number of rotatable bonds is 11. The number of hydrogen-bond acceptors (Lipinski definition) is 7. The third-order valence-electron chi connectivity index (χ3n) is 5.28. The first kappa shape index (κ1) is 25.6. The van der Waals surface area contributed by atoms with Crippen molar-refractivity contribution in [2.75, 3.05) is 31.6 Å². The predicted octanol–water partition coefficient (Wildman–Crippen LogP) is 5.50. The molecule has 7 nitrogen and oxygen atoms in total. The normalized spacial score (nSPS) is 11.9. The van der Waals surface area contributed by atoms with Crippen LogP contribution in [0.25, 0.3) is 12.2 Å². The van der Waals surface area contributed by atoms with Crippen LogP contribution in [0.15, 0.2) is 41.1 Å². The van der Waals surface area contributed by atoms with E-state index in [2.05, 4.69) is 54.8 Å². The molecule has 3 rings (SSSR count). The molecule has 0 saturated carbocycles. The van der Waals surface area contributed by atoms with E-state index >= 15 is 0 Å². The van der Waals surface area contributed by atoms with Gasteiger partial charge in [0.25, 0.3) is 0 Å². The zero-order valence-corrected chi connectivity index (χ0v) is 21.4. The van der Waals surface area contributed by atoms with Crippen molar-refractivity contribution in [2.24, 2.45) is 0 Å². The Hall–Kier alpha value is -2.97. The van der Waals surface area contributed by atoms with E-state index in [1.807, 2.05) is 30.3 Å². The molecule has 182 valence electrons. The summed E-state index contributed by atoms with van der Waals surface area (Å²) in [5, 5.41) is 3.43. The summed E-state index contributed by atoms with van der Waals surface area (Å²) in [6.07, 6.45) is 7.43. The monoisotopic (exact) mass is 482 g/mol. The zero-order valence-electron chi connectivity index (χ0n) is 20.6. The Kier molecular flexibility index (Phi) is 9.01. The number of likely N-dealkylation sites (N-methyl/N-ethyl adjacent to an activating group) is 1.